The van der Waals surface area contributed by atoms with E-state index in [9.17, 15) is 19.2 Å². The van der Waals surface area contributed by atoms with Crippen molar-refractivity contribution < 1.29 is 38.1 Å². The number of nitrogens with zero attached hydrogens (tertiary/aromatic N) is 1. The fourth-order valence-corrected chi connectivity index (χ4v) is 6.82. The van der Waals surface area contributed by atoms with Crippen molar-refractivity contribution in [3.05, 3.63) is 11.6 Å². The SMILES string of the molecule is CO[C@H]1[C@H](C2(C)O[C@@H]2CC=C(C)C)[C@]2(CC[C@H]1NC(=O)NCCOC(=O)[C@@H]1CCCN1C(=O)CCC(=O)C(C)(C)C)CO2. The molecule has 0 aromatic carbocycles. The van der Waals surface area contributed by atoms with Crippen LogP contribution >= 0.6 is 0 Å². The number of hydrogen-bond acceptors (Lipinski definition) is 8. The Labute approximate surface area is 255 Å². The topological polar surface area (TPSA) is 139 Å². The Morgan fingerprint density at radius 2 is 1.84 bits per heavy atom. The quantitative estimate of drug-likeness (QED) is 0.150. The summed E-state index contributed by atoms with van der Waals surface area (Å²) < 4.78 is 23.6. The maximum Gasteiger partial charge on any atom is 0.328 e. The summed E-state index contributed by atoms with van der Waals surface area (Å²) >= 11 is 0. The highest BCUT2D eigenvalue weighted by atomic mass is 16.6. The summed E-state index contributed by atoms with van der Waals surface area (Å²) in [6.07, 6.45) is 5.84. The van der Waals surface area contributed by atoms with E-state index in [0.29, 0.717) is 26.0 Å². The Hall–Kier alpha value is -2.50. The third-order valence-corrected chi connectivity index (χ3v) is 9.49. The van der Waals surface area contributed by atoms with E-state index < -0.39 is 17.4 Å². The van der Waals surface area contributed by atoms with Crippen molar-refractivity contribution >= 4 is 23.7 Å². The highest BCUT2D eigenvalue weighted by Gasteiger charge is 2.71. The minimum absolute atomic E-state index is 0.00998. The van der Waals surface area contributed by atoms with Gasteiger partial charge < -0.3 is 34.5 Å². The molecule has 3 saturated heterocycles. The molecule has 0 aromatic rings. The van der Waals surface area contributed by atoms with Crippen LogP contribution in [0, 0.1) is 11.3 Å². The molecule has 7 atom stereocenters. The van der Waals surface area contributed by atoms with Crippen LogP contribution in [0.1, 0.15) is 86.5 Å². The van der Waals surface area contributed by atoms with Gasteiger partial charge in [-0.05, 0) is 52.9 Å². The molecule has 0 bridgehead atoms. The Balaban J connectivity index is 1.22. The molecule has 0 aromatic heterocycles. The summed E-state index contributed by atoms with van der Waals surface area (Å²) in [5, 5.41) is 5.84. The Bertz CT molecular complexity index is 1090. The molecule has 4 aliphatic rings. The number of carbonyl (C=O) groups is 4. The van der Waals surface area contributed by atoms with Gasteiger partial charge in [0.2, 0.25) is 5.91 Å². The lowest BCUT2D eigenvalue weighted by Crippen LogP contribution is -2.60. The smallest absolute Gasteiger partial charge is 0.328 e. The van der Waals surface area contributed by atoms with Crippen LogP contribution in [0.5, 0.6) is 0 Å². The van der Waals surface area contributed by atoms with Crippen molar-refractivity contribution in [1.29, 1.82) is 0 Å². The fourth-order valence-electron chi connectivity index (χ4n) is 6.82. The van der Waals surface area contributed by atoms with Crippen molar-refractivity contribution in [2.24, 2.45) is 11.3 Å². The first kappa shape index (κ1) is 33.4. The van der Waals surface area contributed by atoms with E-state index in [1.54, 1.807) is 7.11 Å². The second kappa shape index (κ2) is 13.2. The number of amides is 3. The van der Waals surface area contributed by atoms with E-state index in [2.05, 4.69) is 37.5 Å². The third kappa shape index (κ3) is 7.78. The number of Topliss-reactive ketones (excluding diaryl/α,β-unsaturated/α-hetero) is 1. The number of urea groups is 1. The first-order chi connectivity index (χ1) is 20.2. The summed E-state index contributed by atoms with van der Waals surface area (Å²) in [5.74, 6) is -0.688. The summed E-state index contributed by atoms with van der Waals surface area (Å²) in [5.41, 5.74) is 0.0989. The molecule has 11 nitrogen and oxygen atoms in total. The molecule has 4 rings (SSSR count). The van der Waals surface area contributed by atoms with Crippen molar-refractivity contribution in [3.63, 3.8) is 0 Å². The van der Waals surface area contributed by atoms with E-state index >= 15 is 0 Å². The van der Waals surface area contributed by atoms with Crippen LogP contribution in [0.4, 0.5) is 4.79 Å². The minimum atomic E-state index is -0.656. The summed E-state index contributed by atoms with van der Waals surface area (Å²) in [4.78, 5) is 52.1. The lowest BCUT2D eigenvalue weighted by Gasteiger charge is -2.43. The molecule has 1 unspecified atom stereocenters. The van der Waals surface area contributed by atoms with Crippen molar-refractivity contribution in [1.82, 2.24) is 15.5 Å². The second-order valence-corrected chi connectivity index (χ2v) is 14.0. The highest BCUT2D eigenvalue weighted by molar-refractivity contribution is 5.90. The Kier molecular flexibility index (Phi) is 10.3. The monoisotopic (exact) mass is 605 g/mol. The van der Waals surface area contributed by atoms with Gasteiger partial charge in [0.15, 0.2) is 0 Å². The number of esters is 1. The molecule has 3 heterocycles. The van der Waals surface area contributed by atoms with Gasteiger partial charge in [-0.1, -0.05) is 32.4 Å². The Morgan fingerprint density at radius 1 is 1.12 bits per heavy atom. The van der Waals surface area contributed by atoms with Crippen LogP contribution < -0.4 is 10.6 Å². The average molecular weight is 606 g/mol. The maximum absolute atomic E-state index is 12.8. The van der Waals surface area contributed by atoms with Gasteiger partial charge in [0.1, 0.15) is 24.0 Å². The number of allylic oxidation sites excluding steroid dienone is 1. The second-order valence-electron chi connectivity index (χ2n) is 14.0. The largest absolute Gasteiger partial charge is 0.462 e. The van der Waals surface area contributed by atoms with Gasteiger partial charge in [-0.2, -0.15) is 0 Å². The lowest BCUT2D eigenvalue weighted by atomic mass is 9.67. The van der Waals surface area contributed by atoms with Crippen LogP contribution in [0.2, 0.25) is 0 Å². The molecule has 4 fully saturated rings. The van der Waals surface area contributed by atoms with Gasteiger partial charge in [0.25, 0.3) is 0 Å². The zero-order valence-corrected chi connectivity index (χ0v) is 27.0. The molecule has 1 spiro atoms. The van der Waals surface area contributed by atoms with Gasteiger partial charge in [-0.15, -0.1) is 0 Å². The predicted octanol–water partition coefficient (Wildman–Crippen LogP) is 3.29. The molecular weight excluding hydrogens is 554 g/mol. The van der Waals surface area contributed by atoms with Crippen LogP contribution in [-0.2, 0) is 33.3 Å². The maximum atomic E-state index is 12.8. The molecule has 3 aliphatic heterocycles. The lowest BCUT2D eigenvalue weighted by molar-refractivity contribution is -0.153. The zero-order valence-electron chi connectivity index (χ0n) is 27.0. The third-order valence-electron chi connectivity index (χ3n) is 9.49. The fraction of sp³-hybridized carbons (Fsp3) is 0.812. The summed E-state index contributed by atoms with van der Waals surface area (Å²) in [7, 11) is 1.67. The van der Waals surface area contributed by atoms with Crippen molar-refractivity contribution in [2.75, 3.05) is 33.4 Å². The number of likely N-dealkylation sites (tertiary alicyclic amines) is 1. The number of methoxy groups -OCH3 is 1. The molecule has 2 N–H and O–H groups in total. The number of nitrogens with one attached hydrogen (secondary N) is 2. The van der Waals surface area contributed by atoms with Gasteiger partial charge in [0.05, 0.1) is 37.0 Å². The van der Waals surface area contributed by atoms with Gasteiger partial charge in [-0.3, -0.25) is 9.59 Å². The predicted molar refractivity (Wildman–Crippen MR) is 159 cm³/mol. The van der Waals surface area contributed by atoms with Crippen LogP contribution in [-0.4, -0.2) is 97.5 Å². The number of ether oxygens (including phenoxy) is 4. The number of epoxide rings is 2. The molecule has 11 heteroatoms. The zero-order chi connectivity index (χ0) is 31.6. The average Bonchev–Trinajstić information content (AvgIpc) is 3.79. The number of carbonyl (C=O) groups excluding carboxylic acids is 4. The first-order valence-electron chi connectivity index (χ1n) is 15.7. The van der Waals surface area contributed by atoms with Crippen molar-refractivity contribution in [2.45, 2.75) is 122 Å². The van der Waals surface area contributed by atoms with Crippen LogP contribution in [0.25, 0.3) is 0 Å². The van der Waals surface area contributed by atoms with E-state index in [0.717, 1.165) is 19.3 Å². The molecule has 1 aliphatic carbocycles. The van der Waals surface area contributed by atoms with E-state index in [1.165, 1.54) is 10.5 Å². The van der Waals surface area contributed by atoms with Crippen LogP contribution in [0.3, 0.4) is 0 Å². The van der Waals surface area contributed by atoms with Gasteiger partial charge >= 0.3 is 12.0 Å². The Morgan fingerprint density at radius 3 is 2.47 bits per heavy atom. The molecule has 3 amide bonds. The molecule has 1 saturated carbocycles. The summed E-state index contributed by atoms with van der Waals surface area (Å²) in [6, 6.07) is -1.24. The number of hydrogen-bond donors (Lipinski definition) is 2. The summed E-state index contributed by atoms with van der Waals surface area (Å²) in [6.45, 7) is 13.0. The molecular formula is C32H51N3O8. The van der Waals surface area contributed by atoms with Gasteiger partial charge in [0, 0.05) is 37.8 Å². The van der Waals surface area contributed by atoms with Crippen LogP contribution in [0.15, 0.2) is 11.6 Å². The minimum Gasteiger partial charge on any atom is -0.462 e. The number of rotatable bonds is 12. The highest BCUT2D eigenvalue weighted by Crippen LogP contribution is 2.59. The van der Waals surface area contributed by atoms with E-state index in [-0.39, 0.29) is 79.1 Å². The van der Waals surface area contributed by atoms with E-state index in [1.807, 2.05) is 20.8 Å². The normalized spacial score (nSPS) is 33.1. The standard InChI is InChI=1S/C32H51N3O8/c1-20(2)10-12-24-31(6,43-24)27-26(40-7)21(14-15-32(27)19-42-32)34-29(39)33-16-18-41-28(38)22-9-8-17-35(22)25(37)13-11-23(36)30(3,4)5/h10,21-22,24,26-27H,8-9,11-19H2,1-7H3,(H2,33,34,39)/t21-,22+,24-,26-,27-,31?,32+/m1/s1. The first-order valence-corrected chi connectivity index (χ1v) is 15.7. The van der Waals surface area contributed by atoms with Crippen molar-refractivity contribution in [3.8, 4) is 0 Å². The molecule has 43 heavy (non-hydrogen) atoms. The van der Waals surface area contributed by atoms with E-state index in [4.69, 9.17) is 18.9 Å². The number of ketones is 1. The molecule has 242 valence electrons. The van der Waals surface area contributed by atoms with Gasteiger partial charge in [-0.25, -0.2) is 9.59 Å². The molecule has 0 radical (unpaired) electrons.